The van der Waals surface area contributed by atoms with Gasteiger partial charge in [0.2, 0.25) is 0 Å². The minimum Gasteiger partial charge on any atom is -0.461 e. The lowest BCUT2D eigenvalue weighted by atomic mass is 9.30. The van der Waals surface area contributed by atoms with E-state index >= 15 is 0 Å². The Balaban J connectivity index is 1.48. The van der Waals surface area contributed by atoms with Crippen molar-refractivity contribution in [2.45, 2.75) is 125 Å². The Hall–Kier alpha value is -0.570. The minimum absolute atomic E-state index is 0.0352. The SMILES string of the molecule is CC1C(O)CCC2C1(C)CCC1C2(C)CC2OC(=O)C13CCC1(C)CCC(C)(C)CC1C23C. The second-order valence-electron chi connectivity index (χ2n) is 15.5. The van der Waals surface area contributed by atoms with Crippen LogP contribution in [0.3, 0.4) is 0 Å². The van der Waals surface area contributed by atoms with Crippen LogP contribution in [0.25, 0.3) is 0 Å². The van der Waals surface area contributed by atoms with Crippen molar-refractivity contribution in [2.24, 2.45) is 56.2 Å². The molecule has 11 atom stereocenters. The Kier molecular flexibility index (Phi) is 4.44. The monoisotopic (exact) mass is 456 g/mol. The van der Waals surface area contributed by atoms with Gasteiger partial charge in [-0.25, -0.2) is 0 Å². The highest BCUT2D eigenvalue weighted by molar-refractivity contribution is 5.82. The number of esters is 1. The minimum atomic E-state index is -0.303. The molecule has 5 aliphatic carbocycles. The van der Waals surface area contributed by atoms with E-state index in [4.69, 9.17) is 4.74 Å². The highest BCUT2D eigenvalue weighted by atomic mass is 16.6. The van der Waals surface area contributed by atoms with E-state index in [1.807, 2.05) is 0 Å². The van der Waals surface area contributed by atoms with Crippen molar-refractivity contribution in [1.82, 2.24) is 0 Å². The first-order valence-electron chi connectivity index (χ1n) is 14.1. The molecule has 0 radical (unpaired) electrons. The molecule has 0 aromatic carbocycles. The van der Waals surface area contributed by atoms with E-state index in [-0.39, 0.29) is 39.8 Å². The standard InChI is InChI=1S/C30H48O3/c1-18-19(31)8-9-20-27(18,5)11-10-21-28(20,6)17-23-29(7)22-16-25(2,3)12-13-26(22,4)14-15-30(21,29)24(32)33-23/h18-23,31H,8-17H2,1-7H3. The summed E-state index contributed by atoms with van der Waals surface area (Å²) >= 11 is 0. The lowest BCUT2D eigenvalue weighted by Crippen LogP contribution is -2.70. The van der Waals surface area contributed by atoms with Gasteiger partial charge in [-0.1, -0.05) is 48.5 Å². The fourth-order valence-electron chi connectivity index (χ4n) is 11.8. The highest BCUT2D eigenvalue weighted by Crippen LogP contribution is 2.81. The van der Waals surface area contributed by atoms with Gasteiger partial charge >= 0.3 is 5.97 Å². The normalized spacial score (nSPS) is 61.3. The van der Waals surface area contributed by atoms with Gasteiger partial charge in [-0.2, -0.15) is 0 Å². The first-order chi connectivity index (χ1) is 15.2. The van der Waals surface area contributed by atoms with E-state index in [1.165, 1.54) is 25.7 Å². The van der Waals surface area contributed by atoms with Crippen LogP contribution >= 0.6 is 0 Å². The molecule has 3 nitrogen and oxygen atoms in total. The fourth-order valence-corrected chi connectivity index (χ4v) is 11.8. The lowest BCUT2D eigenvalue weighted by Gasteiger charge is -2.72. The van der Waals surface area contributed by atoms with E-state index in [0.717, 1.165) is 38.5 Å². The summed E-state index contributed by atoms with van der Waals surface area (Å²) in [6.07, 6.45) is 11.3. The quantitative estimate of drug-likeness (QED) is 0.409. The maximum Gasteiger partial charge on any atom is 0.313 e. The molecule has 3 heteroatoms. The van der Waals surface area contributed by atoms with Gasteiger partial charge in [-0.05, 0) is 110 Å². The van der Waals surface area contributed by atoms with Crippen molar-refractivity contribution in [3.63, 3.8) is 0 Å². The van der Waals surface area contributed by atoms with Gasteiger partial charge in [-0.15, -0.1) is 0 Å². The average Bonchev–Trinajstić information content (AvgIpc) is 2.87. The van der Waals surface area contributed by atoms with Gasteiger partial charge in [-0.3, -0.25) is 4.79 Å². The van der Waals surface area contributed by atoms with Crippen LogP contribution in [-0.4, -0.2) is 23.3 Å². The molecule has 5 saturated carbocycles. The number of hydrogen-bond acceptors (Lipinski definition) is 3. The summed E-state index contributed by atoms with van der Waals surface area (Å²) in [5.41, 5.74) is 0.673. The zero-order valence-corrected chi connectivity index (χ0v) is 22.3. The molecule has 0 aromatic rings. The van der Waals surface area contributed by atoms with Crippen LogP contribution in [0, 0.1) is 56.2 Å². The number of carbonyl (C=O) groups excluding carboxylic acids is 1. The lowest BCUT2D eigenvalue weighted by molar-refractivity contribution is -0.256. The Morgan fingerprint density at radius 1 is 0.788 bits per heavy atom. The molecule has 0 amide bonds. The Morgan fingerprint density at radius 3 is 2.21 bits per heavy atom. The third-order valence-electron chi connectivity index (χ3n) is 14.0. The maximum atomic E-state index is 14.0. The number of carbonyl (C=O) groups is 1. The van der Waals surface area contributed by atoms with Crippen molar-refractivity contribution in [1.29, 1.82) is 0 Å². The molecular weight excluding hydrogens is 408 g/mol. The number of rotatable bonds is 0. The summed E-state index contributed by atoms with van der Waals surface area (Å²) in [4.78, 5) is 14.0. The zero-order chi connectivity index (χ0) is 23.8. The van der Waals surface area contributed by atoms with Crippen LogP contribution < -0.4 is 0 Å². The largest absolute Gasteiger partial charge is 0.461 e. The third kappa shape index (κ3) is 2.45. The molecule has 1 N–H and O–H groups in total. The Bertz CT molecular complexity index is 880. The number of hydrogen-bond donors (Lipinski definition) is 1. The molecule has 0 spiro atoms. The first-order valence-corrected chi connectivity index (χ1v) is 14.1. The van der Waals surface area contributed by atoms with Crippen LogP contribution in [0.1, 0.15) is 113 Å². The highest BCUT2D eigenvalue weighted by Gasteiger charge is 2.81. The van der Waals surface area contributed by atoms with Crippen LogP contribution in [0.5, 0.6) is 0 Å². The summed E-state index contributed by atoms with van der Waals surface area (Å²) in [6, 6.07) is 0. The van der Waals surface area contributed by atoms with Gasteiger partial charge in [0, 0.05) is 5.41 Å². The second-order valence-corrected chi connectivity index (χ2v) is 15.5. The molecule has 2 bridgehead atoms. The van der Waals surface area contributed by atoms with Crippen LogP contribution in [-0.2, 0) is 9.53 Å². The van der Waals surface area contributed by atoms with E-state index in [9.17, 15) is 9.90 Å². The molecule has 6 rings (SSSR count). The number of ether oxygens (including phenoxy) is 1. The number of aliphatic hydroxyl groups is 1. The third-order valence-corrected chi connectivity index (χ3v) is 14.0. The summed E-state index contributed by atoms with van der Waals surface area (Å²) in [6.45, 7) is 17.3. The van der Waals surface area contributed by atoms with E-state index < -0.39 is 0 Å². The van der Waals surface area contributed by atoms with Crippen LogP contribution in [0.15, 0.2) is 0 Å². The van der Waals surface area contributed by atoms with Crippen molar-refractivity contribution in [2.75, 3.05) is 0 Å². The number of aliphatic hydroxyl groups excluding tert-OH is 1. The first kappa shape index (κ1) is 22.9. The summed E-state index contributed by atoms with van der Waals surface area (Å²) in [5.74, 6) is 2.08. The Labute approximate surface area is 201 Å². The Morgan fingerprint density at radius 2 is 1.48 bits per heavy atom. The molecule has 11 unspecified atom stereocenters. The van der Waals surface area contributed by atoms with Crippen molar-refractivity contribution < 1.29 is 14.6 Å². The molecule has 1 aliphatic heterocycles. The van der Waals surface area contributed by atoms with Crippen molar-refractivity contribution in [3.8, 4) is 0 Å². The van der Waals surface area contributed by atoms with Gasteiger partial charge in [0.15, 0.2) is 0 Å². The van der Waals surface area contributed by atoms with Crippen LogP contribution in [0.2, 0.25) is 0 Å². The van der Waals surface area contributed by atoms with Crippen LogP contribution in [0.4, 0.5) is 0 Å². The van der Waals surface area contributed by atoms with Gasteiger partial charge < -0.3 is 9.84 Å². The molecule has 33 heavy (non-hydrogen) atoms. The van der Waals surface area contributed by atoms with E-state index in [0.29, 0.717) is 34.5 Å². The molecule has 6 fully saturated rings. The molecule has 0 aromatic heterocycles. The van der Waals surface area contributed by atoms with Crippen molar-refractivity contribution >= 4 is 5.97 Å². The van der Waals surface area contributed by atoms with Crippen molar-refractivity contribution in [3.05, 3.63) is 0 Å². The molecule has 186 valence electrons. The average molecular weight is 457 g/mol. The van der Waals surface area contributed by atoms with E-state index in [2.05, 4.69) is 48.5 Å². The fraction of sp³-hybridized carbons (Fsp3) is 0.967. The van der Waals surface area contributed by atoms with Gasteiger partial charge in [0.05, 0.1) is 11.5 Å². The molecular formula is C30H48O3. The summed E-state index contributed by atoms with van der Waals surface area (Å²) in [5, 5.41) is 10.8. The summed E-state index contributed by atoms with van der Waals surface area (Å²) < 4.78 is 6.52. The second kappa shape index (κ2) is 6.40. The van der Waals surface area contributed by atoms with E-state index in [1.54, 1.807) is 0 Å². The smallest absolute Gasteiger partial charge is 0.313 e. The van der Waals surface area contributed by atoms with Gasteiger partial charge in [0.25, 0.3) is 0 Å². The summed E-state index contributed by atoms with van der Waals surface area (Å²) in [7, 11) is 0. The molecule has 1 heterocycles. The topological polar surface area (TPSA) is 46.5 Å². The van der Waals surface area contributed by atoms with Gasteiger partial charge in [0.1, 0.15) is 6.10 Å². The number of fused-ring (bicyclic) bond motifs is 4. The maximum absolute atomic E-state index is 14.0. The molecule has 6 aliphatic rings. The molecule has 1 saturated heterocycles. The zero-order valence-electron chi connectivity index (χ0n) is 22.3. The predicted octanol–water partition coefficient (Wildman–Crippen LogP) is 6.76. The predicted molar refractivity (Wildman–Crippen MR) is 130 cm³/mol.